The Morgan fingerprint density at radius 1 is 1.35 bits per heavy atom. The van der Waals surface area contributed by atoms with Crippen LogP contribution in [0.5, 0.6) is 0 Å². The van der Waals surface area contributed by atoms with Crippen LogP contribution in [0.2, 0.25) is 0 Å². The zero-order chi connectivity index (χ0) is 19.6. The second-order valence-electron chi connectivity index (χ2n) is 5.72. The molecule has 0 aromatic rings. The Balaban J connectivity index is 2.32. The fourth-order valence-corrected chi connectivity index (χ4v) is 4.24. The van der Waals surface area contributed by atoms with E-state index in [1.54, 1.807) is 0 Å². The lowest BCUT2D eigenvalue weighted by molar-refractivity contribution is -0.161. The molecule has 142 valence electrons. The third-order valence-electron chi connectivity index (χ3n) is 3.92. The van der Waals surface area contributed by atoms with Crippen LogP contribution in [0.4, 0.5) is 0 Å². The van der Waals surface area contributed by atoms with E-state index in [4.69, 9.17) is 4.74 Å². The van der Waals surface area contributed by atoms with Gasteiger partial charge in [0.05, 0.1) is 7.11 Å². The van der Waals surface area contributed by atoms with Crippen molar-refractivity contribution >= 4 is 57.5 Å². The molecule has 0 aromatic carbocycles. The van der Waals surface area contributed by atoms with Gasteiger partial charge in [-0.15, -0.1) is 0 Å². The Kier molecular flexibility index (Phi) is 6.45. The molecule has 0 bridgehead atoms. The predicted octanol–water partition coefficient (Wildman–Crippen LogP) is -0.0507. The summed E-state index contributed by atoms with van der Waals surface area (Å²) in [7, 11) is 1.18. The number of ether oxygens (including phenoxy) is 1. The van der Waals surface area contributed by atoms with Crippen molar-refractivity contribution in [3.63, 3.8) is 0 Å². The topological polar surface area (TPSA) is 113 Å². The maximum absolute atomic E-state index is 12.6. The highest BCUT2D eigenvalue weighted by atomic mass is 79.9. The number of nitrogens with zero attached hydrogens (tertiary/aromatic N) is 2. The first-order chi connectivity index (χ1) is 12.2. The number of amides is 4. The van der Waals surface area contributed by atoms with Crippen LogP contribution in [0.25, 0.3) is 0 Å². The second kappa shape index (κ2) is 8.21. The van der Waals surface area contributed by atoms with E-state index in [0.29, 0.717) is 5.57 Å². The number of hydrogen-bond acceptors (Lipinski definition) is 7. The van der Waals surface area contributed by atoms with Crippen molar-refractivity contribution in [2.45, 2.75) is 37.2 Å². The summed E-state index contributed by atoms with van der Waals surface area (Å²) in [5.41, 5.74) is 0.371. The minimum Gasteiger partial charge on any atom is -0.467 e. The fraction of sp³-hybridized carbons (Fsp3) is 0.533. The number of halogens is 1. The molecule has 0 saturated carbocycles. The standard InChI is InChI=1S/C15H18BrN3O6S/c1-7(6-16)12(15(24)25-3)18-13(23)11(17-8(2)20)14(18)26-19-9(21)4-5-10(19)22/h11-12,14H,1,4-6H2,2-3H3,(H,17,20). The van der Waals surface area contributed by atoms with Crippen molar-refractivity contribution in [1.82, 2.24) is 14.5 Å². The molecule has 0 spiro atoms. The third kappa shape index (κ3) is 3.78. The molecule has 3 atom stereocenters. The van der Waals surface area contributed by atoms with Gasteiger partial charge in [-0.2, -0.15) is 0 Å². The van der Waals surface area contributed by atoms with Gasteiger partial charge in [0.15, 0.2) is 6.04 Å². The number of imide groups is 1. The smallest absolute Gasteiger partial charge is 0.332 e. The molecule has 2 aliphatic heterocycles. The zero-order valence-electron chi connectivity index (χ0n) is 14.2. The van der Waals surface area contributed by atoms with Crippen molar-refractivity contribution in [1.29, 1.82) is 0 Å². The average Bonchev–Trinajstić information content (AvgIpc) is 2.93. The van der Waals surface area contributed by atoms with Crippen molar-refractivity contribution in [2.24, 2.45) is 0 Å². The van der Waals surface area contributed by atoms with Crippen LogP contribution in [-0.4, -0.2) is 68.7 Å². The number of esters is 1. The van der Waals surface area contributed by atoms with Crippen LogP contribution >= 0.6 is 27.9 Å². The molecule has 0 aliphatic carbocycles. The van der Waals surface area contributed by atoms with Gasteiger partial charge in [0.1, 0.15) is 11.4 Å². The minimum absolute atomic E-state index is 0.0891. The van der Waals surface area contributed by atoms with Gasteiger partial charge in [-0.25, -0.2) is 9.10 Å². The number of carbonyl (C=O) groups excluding carboxylic acids is 5. The van der Waals surface area contributed by atoms with Crippen LogP contribution in [0.1, 0.15) is 19.8 Å². The second-order valence-corrected chi connectivity index (χ2v) is 7.34. The van der Waals surface area contributed by atoms with Crippen LogP contribution in [0.15, 0.2) is 12.2 Å². The van der Waals surface area contributed by atoms with Crippen LogP contribution in [0, 0.1) is 0 Å². The van der Waals surface area contributed by atoms with E-state index in [-0.39, 0.29) is 30.0 Å². The highest BCUT2D eigenvalue weighted by Gasteiger charge is 2.55. The van der Waals surface area contributed by atoms with Gasteiger partial charge in [0, 0.05) is 25.1 Å². The molecule has 2 rings (SSSR count). The highest BCUT2D eigenvalue weighted by molar-refractivity contribution is 9.09. The van der Waals surface area contributed by atoms with E-state index in [1.807, 2.05) is 0 Å². The molecule has 2 saturated heterocycles. The Hall–Kier alpha value is -1.88. The van der Waals surface area contributed by atoms with E-state index in [2.05, 4.69) is 27.8 Å². The third-order valence-corrected chi connectivity index (χ3v) is 5.97. The first kappa shape index (κ1) is 20.4. The number of rotatable bonds is 7. The van der Waals surface area contributed by atoms with Crippen molar-refractivity contribution in [3.05, 3.63) is 12.2 Å². The highest BCUT2D eigenvalue weighted by Crippen LogP contribution is 2.38. The fourth-order valence-electron chi connectivity index (χ4n) is 2.67. The number of nitrogens with one attached hydrogen (secondary N) is 1. The van der Waals surface area contributed by atoms with Gasteiger partial charge in [-0.3, -0.25) is 19.2 Å². The quantitative estimate of drug-likeness (QED) is 0.145. The van der Waals surface area contributed by atoms with E-state index >= 15 is 0 Å². The number of hydrogen-bond donors (Lipinski definition) is 1. The zero-order valence-corrected chi connectivity index (χ0v) is 16.6. The first-order valence-corrected chi connectivity index (χ1v) is 9.62. The van der Waals surface area contributed by atoms with E-state index in [0.717, 1.165) is 16.3 Å². The summed E-state index contributed by atoms with van der Waals surface area (Å²) in [6.07, 6.45) is 0.178. The minimum atomic E-state index is -1.10. The predicted molar refractivity (Wildman–Crippen MR) is 95.7 cm³/mol. The molecule has 2 aliphatic rings. The van der Waals surface area contributed by atoms with Gasteiger partial charge >= 0.3 is 5.97 Å². The molecule has 2 fully saturated rings. The monoisotopic (exact) mass is 447 g/mol. The molecule has 4 amide bonds. The SMILES string of the molecule is C=C(CBr)C(C(=O)OC)N1C(=O)C(NC(C)=O)C1SN1C(=O)CCC1=O. The Morgan fingerprint density at radius 3 is 2.38 bits per heavy atom. The van der Waals surface area contributed by atoms with E-state index in [9.17, 15) is 24.0 Å². The molecule has 1 N–H and O–H groups in total. The van der Waals surface area contributed by atoms with Crippen LogP contribution in [-0.2, 0) is 28.7 Å². The van der Waals surface area contributed by atoms with Crippen LogP contribution in [0.3, 0.4) is 0 Å². The molecule has 9 nitrogen and oxygen atoms in total. The normalized spacial score (nSPS) is 23.6. The van der Waals surface area contributed by atoms with Gasteiger partial charge < -0.3 is 15.0 Å². The molecule has 3 unspecified atom stereocenters. The number of carbonyl (C=O) groups is 5. The van der Waals surface area contributed by atoms with Gasteiger partial charge in [-0.05, 0) is 17.5 Å². The molecule has 0 radical (unpaired) electrons. The summed E-state index contributed by atoms with van der Waals surface area (Å²) in [4.78, 5) is 61.2. The number of methoxy groups -OCH3 is 1. The summed E-state index contributed by atoms with van der Waals surface area (Å²) in [6.45, 7) is 5.03. The summed E-state index contributed by atoms with van der Waals surface area (Å²) < 4.78 is 5.74. The summed E-state index contributed by atoms with van der Waals surface area (Å²) in [5, 5.41) is 1.90. The molecular formula is C15H18BrN3O6S. The molecular weight excluding hydrogens is 430 g/mol. The van der Waals surface area contributed by atoms with E-state index < -0.39 is 35.2 Å². The summed E-state index contributed by atoms with van der Waals surface area (Å²) >= 11 is 4.01. The maximum atomic E-state index is 12.6. The first-order valence-electron chi connectivity index (χ1n) is 7.66. The van der Waals surface area contributed by atoms with Crippen molar-refractivity contribution in [3.8, 4) is 0 Å². The lowest BCUT2D eigenvalue weighted by Crippen LogP contribution is -2.73. The number of β-lactam (4-membered cyclic amide) rings is 1. The molecule has 26 heavy (non-hydrogen) atoms. The average molecular weight is 448 g/mol. The summed E-state index contributed by atoms with van der Waals surface area (Å²) in [6, 6.07) is -2.06. The van der Waals surface area contributed by atoms with Crippen LogP contribution < -0.4 is 5.32 Å². The lowest BCUT2D eigenvalue weighted by atomic mass is 9.99. The number of likely N-dealkylation sites (tertiary alicyclic amines) is 1. The largest absolute Gasteiger partial charge is 0.467 e. The lowest BCUT2D eigenvalue weighted by Gasteiger charge is -2.49. The Labute approximate surface area is 162 Å². The van der Waals surface area contributed by atoms with E-state index in [1.165, 1.54) is 18.9 Å². The van der Waals surface area contributed by atoms with Gasteiger partial charge in [-0.1, -0.05) is 22.5 Å². The maximum Gasteiger partial charge on any atom is 0.332 e. The number of alkyl halides is 1. The van der Waals surface area contributed by atoms with Gasteiger partial charge in [0.2, 0.25) is 23.6 Å². The molecule has 0 aromatic heterocycles. The molecule has 2 heterocycles. The van der Waals surface area contributed by atoms with Gasteiger partial charge in [0.25, 0.3) is 0 Å². The summed E-state index contributed by atoms with van der Waals surface area (Å²) in [5.74, 6) is -2.42. The Bertz CT molecular complexity index is 652. The van der Waals surface area contributed by atoms with Crippen molar-refractivity contribution < 1.29 is 28.7 Å². The van der Waals surface area contributed by atoms with Crippen molar-refractivity contribution in [2.75, 3.05) is 12.4 Å². The Morgan fingerprint density at radius 2 is 1.92 bits per heavy atom. The molecule has 11 heteroatoms.